The van der Waals surface area contributed by atoms with E-state index in [1.165, 1.54) is 0 Å². The van der Waals surface area contributed by atoms with E-state index in [9.17, 15) is 9.90 Å². The number of aliphatic hydroxyl groups excluding tert-OH is 1. The molecule has 0 radical (unpaired) electrons. The largest absolute Gasteiger partial charge is 0.389 e. The van der Waals surface area contributed by atoms with E-state index in [0.717, 1.165) is 11.3 Å². The van der Waals surface area contributed by atoms with Crippen LogP contribution in [0.3, 0.4) is 0 Å². The Bertz CT molecular complexity index is 449. The highest BCUT2D eigenvalue weighted by Crippen LogP contribution is 2.28. The molecular formula is C14H21ClN2O2. The summed E-state index contributed by atoms with van der Waals surface area (Å²) in [6.45, 7) is 4.14. The number of hydrogen-bond donors (Lipinski definition) is 2. The first-order valence-electron chi connectivity index (χ1n) is 6.27. The van der Waals surface area contributed by atoms with Gasteiger partial charge in [-0.3, -0.25) is 4.79 Å². The lowest BCUT2D eigenvalue weighted by atomic mass is 10.1. The molecule has 1 amide bonds. The lowest BCUT2D eigenvalue weighted by Crippen LogP contribution is -2.34. The molecule has 0 bridgehead atoms. The van der Waals surface area contributed by atoms with Crippen molar-refractivity contribution in [2.45, 2.75) is 20.0 Å². The van der Waals surface area contributed by atoms with Gasteiger partial charge in [-0.05, 0) is 24.6 Å². The number of nitrogens with one attached hydrogen (secondary N) is 1. The molecule has 0 saturated heterocycles. The highest BCUT2D eigenvalue weighted by Gasteiger charge is 2.16. The monoisotopic (exact) mass is 284 g/mol. The van der Waals surface area contributed by atoms with Crippen LogP contribution in [0.25, 0.3) is 0 Å². The van der Waals surface area contributed by atoms with Crippen molar-refractivity contribution in [2.75, 3.05) is 25.5 Å². The molecule has 106 valence electrons. The summed E-state index contributed by atoms with van der Waals surface area (Å²) in [4.78, 5) is 13.4. The van der Waals surface area contributed by atoms with Crippen LogP contribution in [0.1, 0.15) is 25.5 Å². The minimum absolute atomic E-state index is 0.00331. The maximum atomic E-state index is 11.5. The predicted octanol–water partition coefficient (Wildman–Crippen LogP) is 2.21. The van der Waals surface area contributed by atoms with Gasteiger partial charge in [0.1, 0.15) is 0 Å². The highest BCUT2D eigenvalue weighted by atomic mass is 35.5. The molecular weight excluding hydrogens is 264 g/mol. The molecule has 0 aliphatic carbocycles. The molecule has 1 rings (SSSR count). The van der Waals surface area contributed by atoms with E-state index < -0.39 is 6.10 Å². The van der Waals surface area contributed by atoms with E-state index in [2.05, 4.69) is 5.32 Å². The van der Waals surface area contributed by atoms with Crippen molar-refractivity contribution in [1.82, 2.24) is 5.32 Å². The molecule has 2 atom stereocenters. The zero-order valence-corrected chi connectivity index (χ0v) is 12.5. The molecule has 0 aliphatic rings. The summed E-state index contributed by atoms with van der Waals surface area (Å²) < 4.78 is 0. The zero-order chi connectivity index (χ0) is 14.6. The molecule has 0 saturated carbocycles. The third-order valence-electron chi connectivity index (χ3n) is 3.11. The topological polar surface area (TPSA) is 52.6 Å². The Morgan fingerprint density at radius 2 is 2.11 bits per heavy atom. The first-order valence-corrected chi connectivity index (χ1v) is 6.64. The standard InChI is InChI=1S/C14H21ClN2O2/c1-9(14(19)16-3)8-17(4)13-6-5-11(10(2)18)7-12(13)15/h5-7,9-10,18H,8H2,1-4H3,(H,16,19)/t9?,10-/m1/s1. The van der Waals surface area contributed by atoms with Crippen LogP contribution in [0.15, 0.2) is 18.2 Å². The molecule has 1 aromatic rings. The SMILES string of the molecule is CNC(=O)C(C)CN(C)c1ccc([C@@H](C)O)cc1Cl. The summed E-state index contributed by atoms with van der Waals surface area (Å²) in [6.07, 6.45) is -0.540. The second-order valence-electron chi connectivity index (χ2n) is 4.78. The van der Waals surface area contributed by atoms with Gasteiger partial charge < -0.3 is 15.3 Å². The quantitative estimate of drug-likeness (QED) is 0.872. The zero-order valence-electron chi connectivity index (χ0n) is 11.8. The smallest absolute Gasteiger partial charge is 0.224 e. The molecule has 0 aliphatic heterocycles. The van der Waals surface area contributed by atoms with Crippen molar-refractivity contribution in [3.63, 3.8) is 0 Å². The molecule has 4 nitrogen and oxygen atoms in total. The van der Waals surface area contributed by atoms with E-state index in [-0.39, 0.29) is 11.8 Å². The summed E-state index contributed by atoms with van der Waals surface area (Å²) in [5.41, 5.74) is 1.63. The van der Waals surface area contributed by atoms with Gasteiger partial charge in [-0.2, -0.15) is 0 Å². The van der Waals surface area contributed by atoms with E-state index in [1.54, 1.807) is 20.0 Å². The number of anilines is 1. The molecule has 2 N–H and O–H groups in total. The molecule has 0 heterocycles. The second-order valence-corrected chi connectivity index (χ2v) is 5.19. The van der Waals surface area contributed by atoms with Crippen LogP contribution in [0, 0.1) is 5.92 Å². The Kier molecular flexibility index (Phi) is 5.63. The number of nitrogens with zero attached hydrogens (tertiary/aromatic N) is 1. The number of amides is 1. The molecule has 19 heavy (non-hydrogen) atoms. The van der Waals surface area contributed by atoms with Crippen LogP contribution in [0.4, 0.5) is 5.69 Å². The van der Waals surface area contributed by atoms with Crippen LogP contribution in [0.2, 0.25) is 5.02 Å². The lowest BCUT2D eigenvalue weighted by Gasteiger charge is -2.24. The average Bonchev–Trinajstić information content (AvgIpc) is 2.37. The van der Waals surface area contributed by atoms with Crippen LogP contribution < -0.4 is 10.2 Å². The van der Waals surface area contributed by atoms with Gasteiger partial charge in [0, 0.05) is 20.6 Å². The van der Waals surface area contributed by atoms with Crippen molar-refractivity contribution < 1.29 is 9.90 Å². The Morgan fingerprint density at radius 1 is 1.47 bits per heavy atom. The predicted molar refractivity (Wildman–Crippen MR) is 78.6 cm³/mol. The van der Waals surface area contributed by atoms with E-state index in [4.69, 9.17) is 11.6 Å². The number of benzene rings is 1. The molecule has 0 spiro atoms. The van der Waals surface area contributed by atoms with Gasteiger partial charge in [0.25, 0.3) is 0 Å². The first-order chi connectivity index (χ1) is 8.86. The minimum atomic E-state index is -0.540. The number of carbonyl (C=O) groups is 1. The maximum Gasteiger partial charge on any atom is 0.224 e. The third-order valence-corrected chi connectivity index (χ3v) is 3.41. The summed E-state index contributed by atoms with van der Waals surface area (Å²) in [7, 11) is 3.52. The first kappa shape index (κ1) is 15.8. The minimum Gasteiger partial charge on any atom is -0.389 e. The second kappa shape index (κ2) is 6.78. The number of aliphatic hydroxyl groups is 1. The van der Waals surface area contributed by atoms with Crippen molar-refractivity contribution in [3.8, 4) is 0 Å². The number of halogens is 1. The molecule has 0 aromatic heterocycles. The fourth-order valence-electron chi connectivity index (χ4n) is 1.93. The van der Waals surface area contributed by atoms with Gasteiger partial charge >= 0.3 is 0 Å². The number of rotatable bonds is 5. The molecule has 1 unspecified atom stereocenters. The van der Waals surface area contributed by atoms with E-state index in [1.807, 2.05) is 31.0 Å². The highest BCUT2D eigenvalue weighted by molar-refractivity contribution is 6.33. The van der Waals surface area contributed by atoms with Crippen LogP contribution >= 0.6 is 11.6 Å². The van der Waals surface area contributed by atoms with E-state index in [0.29, 0.717) is 11.6 Å². The van der Waals surface area contributed by atoms with Crippen molar-refractivity contribution in [3.05, 3.63) is 28.8 Å². The van der Waals surface area contributed by atoms with Crippen molar-refractivity contribution in [2.24, 2.45) is 5.92 Å². The molecule has 0 fully saturated rings. The van der Waals surface area contributed by atoms with Gasteiger partial charge in [-0.15, -0.1) is 0 Å². The van der Waals surface area contributed by atoms with Gasteiger partial charge in [0.15, 0.2) is 0 Å². The lowest BCUT2D eigenvalue weighted by molar-refractivity contribution is -0.123. The fraction of sp³-hybridized carbons (Fsp3) is 0.500. The van der Waals surface area contributed by atoms with Gasteiger partial charge in [-0.1, -0.05) is 24.6 Å². The summed E-state index contributed by atoms with van der Waals surface area (Å²) in [5, 5.41) is 12.7. The van der Waals surface area contributed by atoms with E-state index >= 15 is 0 Å². The van der Waals surface area contributed by atoms with Gasteiger partial charge in [0.05, 0.1) is 22.7 Å². The van der Waals surface area contributed by atoms with Gasteiger partial charge in [0.2, 0.25) is 5.91 Å². The normalized spacial score (nSPS) is 13.8. The van der Waals surface area contributed by atoms with Gasteiger partial charge in [-0.25, -0.2) is 0 Å². The Morgan fingerprint density at radius 3 is 2.58 bits per heavy atom. The molecule has 5 heteroatoms. The Labute approximate surface area is 119 Å². The molecule has 1 aromatic carbocycles. The van der Waals surface area contributed by atoms with Crippen LogP contribution in [-0.4, -0.2) is 31.7 Å². The Balaban J connectivity index is 2.83. The number of hydrogen-bond acceptors (Lipinski definition) is 3. The van der Waals surface area contributed by atoms with Crippen LogP contribution in [-0.2, 0) is 4.79 Å². The summed E-state index contributed by atoms with van der Waals surface area (Å²) in [6, 6.07) is 5.45. The summed E-state index contributed by atoms with van der Waals surface area (Å²) in [5.74, 6) is -0.119. The van der Waals surface area contributed by atoms with Crippen molar-refractivity contribution in [1.29, 1.82) is 0 Å². The number of carbonyl (C=O) groups excluding carboxylic acids is 1. The van der Waals surface area contributed by atoms with Crippen molar-refractivity contribution >= 4 is 23.2 Å². The van der Waals surface area contributed by atoms with Crippen LogP contribution in [0.5, 0.6) is 0 Å². The fourth-order valence-corrected chi connectivity index (χ4v) is 2.26. The third kappa shape index (κ3) is 4.11. The maximum absolute atomic E-state index is 11.5. The average molecular weight is 285 g/mol. The summed E-state index contributed by atoms with van der Waals surface area (Å²) >= 11 is 6.21. The Hall–Kier alpha value is -1.26.